The van der Waals surface area contributed by atoms with Gasteiger partial charge in [0.1, 0.15) is 11.5 Å². The molecule has 0 bridgehead atoms. The Labute approximate surface area is 143 Å². The summed E-state index contributed by atoms with van der Waals surface area (Å²) in [5.41, 5.74) is 2.02. The first-order valence-electron chi connectivity index (χ1n) is 8.25. The van der Waals surface area contributed by atoms with E-state index in [0.717, 1.165) is 35.5 Å². The monoisotopic (exact) mass is 325 g/mol. The van der Waals surface area contributed by atoms with Gasteiger partial charge in [-0.1, -0.05) is 30.3 Å². The van der Waals surface area contributed by atoms with Crippen LogP contribution in [-0.4, -0.2) is 31.1 Å². The molecule has 4 heteroatoms. The summed E-state index contributed by atoms with van der Waals surface area (Å²) in [4.78, 5) is 14.9. The van der Waals surface area contributed by atoms with E-state index in [-0.39, 0.29) is 5.91 Å². The van der Waals surface area contributed by atoms with Crippen molar-refractivity contribution in [1.82, 2.24) is 4.90 Å². The molecule has 4 nitrogen and oxygen atoms in total. The van der Waals surface area contributed by atoms with Crippen LogP contribution in [0.5, 0.6) is 11.5 Å². The Morgan fingerprint density at radius 3 is 2.46 bits per heavy atom. The third-order valence-corrected chi connectivity index (χ3v) is 4.33. The predicted octanol–water partition coefficient (Wildman–Crippen LogP) is 3.44. The minimum Gasteiger partial charge on any atom is -0.497 e. The minimum atomic E-state index is 0.132. The number of methoxy groups -OCH3 is 2. The van der Waals surface area contributed by atoms with Gasteiger partial charge in [-0.25, -0.2) is 0 Å². The summed E-state index contributed by atoms with van der Waals surface area (Å²) in [6, 6.07) is 16.1. The van der Waals surface area contributed by atoms with E-state index in [9.17, 15) is 4.79 Å². The second-order valence-electron chi connectivity index (χ2n) is 6.09. The zero-order valence-electron chi connectivity index (χ0n) is 14.2. The molecule has 1 fully saturated rings. The number of hydrogen-bond donors (Lipinski definition) is 0. The van der Waals surface area contributed by atoms with Crippen molar-refractivity contribution < 1.29 is 14.3 Å². The Bertz CT molecular complexity index is 695. The van der Waals surface area contributed by atoms with Gasteiger partial charge >= 0.3 is 0 Å². The van der Waals surface area contributed by atoms with E-state index in [0.29, 0.717) is 19.0 Å². The Morgan fingerprint density at radius 2 is 1.83 bits per heavy atom. The van der Waals surface area contributed by atoms with Crippen molar-refractivity contribution in [3.8, 4) is 11.5 Å². The lowest BCUT2D eigenvalue weighted by Crippen LogP contribution is -2.33. The molecular formula is C20H23NO3. The van der Waals surface area contributed by atoms with Crippen LogP contribution in [0.4, 0.5) is 0 Å². The zero-order chi connectivity index (χ0) is 16.9. The minimum absolute atomic E-state index is 0.132. The molecule has 0 N–H and O–H groups in total. The van der Waals surface area contributed by atoms with Gasteiger partial charge in [-0.2, -0.15) is 0 Å². The molecule has 0 spiro atoms. The van der Waals surface area contributed by atoms with Crippen molar-refractivity contribution in [2.24, 2.45) is 0 Å². The number of ether oxygens (including phenoxy) is 2. The number of rotatable bonds is 7. The largest absolute Gasteiger partial charge is 0.497 e. The summed E-state index contributed by atoms with van der Waals surface area (Å²) in [7, 11) is 3.25. The van der Waals surface area contributed by atoms with Crippen molar-refractivity contribution in [2.45, 2.75) is 31.8 Å². The van der Waals surface area contributed by atoms with Crippen LogP contribution in [0.1, 0.15) is 24.0 Å². The van der Waals surface area contributed by atoms with Gasteiger partial charge in [0, 0.05) is 18.2 Å². The van der Waals surface area contributed by atoms with E-state index in [1.807, 2.05) is 41.3 Å². The predicted molar refractivity (Wildman–Crippen MR) is 93.3 cm³/mol. The molecule has 24 heavy (non-hydrogen) atoms. The first-order valence-corrected chi connectivity index (χ1v) is 8.25. The number of amides is 1. The van der Waals surface area contributed by atoms with E-state index < -0.39 is 0 Å². The fraction of sp³-hybridized carbons (Fsp3) is 0.350. The van der Waals surface area contributed by atoms with Crippen LogP contribution < -0.4 is 9.47 Å². The fourth-order valence-electron chi connectivity index (χ4n) is 2.87. The van der Waals surface area contributed by atoms with Crippen molar-refractivity contribution in [2.75, 3.05) is 14.2 Å². The van der Waals surface area contributed by atoms with Crippen molar-refractivity contribution in [3.63, 3.8) is 0 Å². The van der Waals surface area contributed by atoms with E-state index in [4.69, 9.17) is 9.47 Å². The van der Waals surface area contributed by atoms with E-state index >= 15 is 0 Å². The average Bonchev–Trinajstić information content (AvgIpc) is 3.45. The Morgan fingerprint density at radius 1 is 1.08 bits per heavy atom. The van der Waals surface area contributed by atoms with Crippen molar-refractivity contribution in [1.29, 1.82) is 0 Å². The van der Waals surface area contributed by atoms with Crippen LogP contribution in [-0.2, 0) is 17.8 Å². The molecule has 1 aliphatic carbocycles. The lowest BCUT2D eigenvalue weighted by molar-refractivity contribution is -0.131. The van der Waals surface area contributed by atoms with Crippen LogP contribution >= 0.6 is 0 Å². The lowest BCUT2D eigenvalue weighted by atomic mass is 10.1. The number of nitrogens with zero attached hydrogens (tertiary/aromatic N) is 1. The lowest BCUT2D eigenvalue weighted by Gasteiger charge is -2.23. The molecule has 3 rings (SSSR count). The summed E-state index contributed by atoms with van der Waals surface area (Å²) in [5.74, 6) is 1.59. The number of benzene rings is 2. The van der Waals surface area contributed by atoms with E-state index in [2.05, 4.69) is 12.1 Å². The maximum Gasteiger partial charge on any atom is 0.227 e. The molecule has 0 unspecified atom stereocenters. The highest BCUT2D eigenvalue weighted by Gasteiger charge is 2.32. The number of hydrogen-bond acceptors (Lipinski definition) is 3. The molecule has 1 aliphatic rings. The average molecular weight is 325 g/mol. The summed E-state index contributed by atoms with van der Waals surface area (Å²) >= 11 is 0. The van der Waals surface area contributed by atoms with Gasteiger partial charge in [-0.3, -0.25) is 4.79 Å². The maximum absolute atomic E-state index is 12.9. The Balaban J connectivity index is 1.76. The second kappa shape index (κ2) is 7.39. The summed E-state index contributed by atoms with van der Waals surface area (Å²) in [5, 5.41) is 0. The molecule has 1 amide bonds. The third kappa shape index (κ3) is 3.88. The molecule has 0 atom stereocenters. The molecule has 0 aliphatic heterocycles. The van der Waals surface area contributed by atoms with Gasteiger partial charge < -0.3 is 14.4 Å². The molecule has 2 aromatic carbocycles. The molecule has 0 radical (unpaired) electrons. The highest BCUT2D eigenvalue weighted by atomic mass is 16.5. The van der Waals surface area contributed by atoms with Crippen molar-refractivity contribution >= 4 is 5.91 Å². The smallest absolute Gasteiger partial charge is 0.227 e. The Kier molecular flexibility index (Phi) is 5.04. The van der Waals surface area contributed by atoms with Crippen LogP contribution in [0.25, 0.3) is 0 Å². The van der Waals surface area contributed by atoms with Crippen LogP contribution in [0.2, 0.25) is 0 Å². The molecule has 1 saturated carbocycles. The number of carbonyl (C=O) groups is 1. The summed E-state index contributed by atoms with van der Waals surface area (Å²) in [6.07, 6.45) is 2.51. The zero-order valence-corrected chi connectivity index (χ0v) is 14.2. The van der Waals surface area contributed by atoms with Crippen LogP contribution in [0, 0.1) is 0 Å². The van der Waals surface area contributed by atoms with E-state index in [1.165, 1.54) is 0 Å². The molecule has 126 valence electrons. The molecule has 0 saturated heterocycles. The van der Waals surface area contributed by atoms with Gasteiger partial charge in [-0.15, -0.1) is 0 Å². The van der Waals surface area contributed by atoms with Gasteiger partial charge in [0.15, 0.2) is 0 Å². The quantitative estimate of drug-likeness (QED) is 0.783. The first kappa shape index (κ1) is 16.4. The molecule has 2 aromatic rings. The van der Waals surface area contributed by atoms with Gasteiger partial charge in [0.2, 0.25) is 5.91 Å². The highest BCUT2D eigenvalue weighted by molar-refractivity contribution is 5.80. The maximum atomic E-state index is 12.9. The number of carbonyl (C=O) groups excluding carboxylic acids is 1. The molecular weight excluding hydrogens is 302 g/mol. The van der Waals surface area contributed by atoms with Gasteiger partial charge in [-0.05, 0) is 36.6 Å². The standard InChI is InChI=1S/C20H23NO3/c1-23-18-10-11-19(24-2)16(12-18)13-20(22)21(17-8-9-17)14-15-6-4-3-5-7-15/h3-7,10-12,17H,8-9,13-14H2,1-2H3. The van der Waals surface area contributed by atoms with Crippen LogP contribution in [0.3, 0.4) is 0 Å². The van der Waals surface area contributed by atoms with Crippen molar-refractivity contribution in [3.05, 3.63) is 59.7 Å². The van der Waals surface area contributed by atoms with Gasteiger partial charge in [0.05, 0.1) is 20.6 Å². The van der Waals surface area contributed by atoms with E-state index in [1.54, 1.807) is 14.2 Å². The van der Waals surface area contributed by atoms with Crippen LogP contribution in [0.15, 0.2) is 48.5 Å². The third-order valence-electron chi connectivity index (χ3n) is 4.33. The normalized spacial score (nSPS) is 13.4. The molecule has 0 heterocycles. The Hall–Kier alpha value is -2.49. The second-order valence-corrected chi connectivity index (χ2v) is 6.09. The summed E-state index contributed by atoms with van der Waals surface area (Å²) < 4.78 is 10.7. The highest BCUT2D eigenvalue weighted by Crippen LogP contribution is 2.30. The fourth-order valence-corrected chi connectivity index (χ4v) is 2.87. The topological polar surface area (TPSA) is 38.8 Å². The SMILES string of the molecule is COc1ccc(OC)c(CC(=O)N(Cc2ccccc2)C2CC2)c1. The first-order chi connectivity index (χ1) is 11.7. The molecule has 0 aromatic heterocycles. The van der Waals surface area contributed by atoms with Gasteiger partial charge in [0.25, 0.3) is 0 Å². The summed E-state index contributed by atoms with van der Waals surface area (Å²) in [6.45, 7) is 0.663.